The fourth-order valence-corrected chi connectivity index (χ4v) is 9.55. The van der Waals surface area contributed by atoms with E-state index in [2.05, 4.69) is 200 Å². The second-order valence-electron chi connectivity index (χ2n) is 16.1. The predicted octanol–water partition coefficient (Wildman–Crippen LogP) is 14.5. The Bertz CT molecular complexity index is 3490. The molecular weight excluding hydrogens is 719 g/mol. The van der Waals surface area contributed by atoms with Gasteiger partial charge in [-0.3, -0.25) is 0 Å². The molecule has 0 N–H and O–H groups in total. The lowest BCUT2D eigenvalue weighted by molar-refractivity contribution is 0.423. The van der Waals surface area contributed by atoms with Crippen LogP contribution in [0.1, 0.15) is 25.0 Å². The van der Waals surface area contributed by atoms with Crippen molar-refractivity contribution in [1.82, 2.24) is 14.5 Å². The summed E-state index contributed by atoms with van der Waals surface area (Å²) in [5, 5.41) is 7.77. The van der Waals surface area contributed by atoms with Gasteiger partial charge in [0.1, 0.15) is 11.5 Å². The maximum atomic E-state index is 6.98. The molecule has 0 saturated heterocycles. The van der Waals surface area contributed by atoms with Crippen LogP contribution in [0.2, 0.25) is 0 Å². The van der Waals surface area contributed by atoms with Crippen molar-refractivity contribution < 1.29 is 4.74 Å². The summed E-state index contributed by atoms with van der Waals surface area (Å²) >= 11 is 0. The highest BCUT2D eigenvalue weighted by Crippen LogP contribution is 2.53. The van der Waals surface area contributed by atoms with Gasteiger partial charge in [-0.15, -0.1) is 0 Å². The number of benzene rings is 9. The standard InChI is InChI=1S/C55H37N3O/c1-55(2)44-23-13-14-24-49(44)59-53-45(55)29-32-48-50(53)43-33-37(34-15-5-3-6-16-34)26-30-47(43)58(48)46-31-28-41(39-21-11-12-22-40(39)46)54-56-51(36-18-7-4-8-19-36)42-27-25-35-17-9-10-20-38(35)52(42)57-54/h3-33H,1-2H3. The molecule has 59 heavy (non-hydrogen) atoms. The molecule has 0 amide bonds. The minimum Gasteiger partial charge on any atom is -0.456 e. The van der Waals surface area contributed by atoms with Crippen LogP contribution in [0, 0.1) is 0 Å². The summed E-state index contributed by atoms with van der Waals surface area (Å²) in [4.78, 5) is 10.8. The van der Waals surface area contributed by atoms with Crippen molar-refractivity contribution in [2.24, 2.45) is 0 Å². The van der Waals surface area contributed by atoms with E-state index in [-0.39, 0.29) is 5.41 Å². The number of nitrogens with zero attached hydrogens (tertiary/aromatic N) is 3. The Morgan fingerprint density at radius 1 is 0.475 bits per heavy atom. The van der Waals surface area contributed by atoms with E-state index in [1.54, 1.807) is 0 Å². The van der Waals surface area contributed by atoms with Crippen LogP contribution in [0.3, 0.4) is 0 Å². The van der Waals surface area contributed by atoms with Gasteiger partial charge < -0.3 is 9.30 Å². The molecule has 0 unspecified atom stereocenters. The number of para-hydroxylation sites is 1. The summed E-state index contributed by atoms with van der Waals surface area (Å²) in [5.41, 5.74) is 11.7. The fraction of sp³-hybridized carbons (Fsp3) is 0.0545. The van der Waals surface area contributed by atoms with E-state index in [1.165, 1.54) is 22.3 Å². The highest BCUT2D eigenvalue weighted by atomic mass is 16.5. The lowest BCUT2D eigenvalue weighted by Crippen LogP contribution is -2.24. The van der Waals surface area contributed by atoms with E-state index >= 15 is 0 Å². The van der Waals surface area contributed by atoms with Gasteiger partial charge in [0.05, 0.1) is 33.3 Å². The van der Waals surface area contributed by atoms with Gasteiger partial charge in [-0.25, -0.2) is 9.97 Å². The van der Waals surface area contributed by atoms with Crippen molar-refractivity contribution in [2.75, 3.05) is 0 Å². The molecule has 3 heterocycles. The second kappa shape index (κ2) is 12.7. The first kappa shape index (κ1) is 33.6. The van der Waals surface area contributed by atoms with Crippen LogP contribution in [-0.4, -0.2) is 14.5 Å². The first-order valence-electron chi connectivity index (χ1n) is 20.2. The van der Waals surface area contributed by atoms with Crippen molar-refractivity contribution >= 4 is 54.3 Å². The van der Waals surface area contributed by atoms with E-state index in [0.29, 0.717) is 5.82 Å². The zero-order chi connectivity index (χ0) is 39.2. The van der Waals surface area contributed by atoms with E-state index in [9.17, 15) is 0 Å². The number of rotatable bonds is 4. The first-order valence-corrected chi connectivity index (χ1v) is 20.2. The molecule has 2 aromatic heterocycles. The van der Waals surface area contributed by atoms with Gasteiger partial charge in [-0.05, 0) is 64.4 Å². The van der Waals surface area contributed by atoms with Gasteiger partial charge in [0.15, 0.2) is 5.82 Å². The minimum atomic E-state index is -0.248. The van der Waals surface area contributed by atoms with Crippen LogP contribution in [-0.2, 0) is 5.41 Å². The molecule has 4 heteroatoms. The molecule has 0 fully saturated rings. The van der Waals surface area contributed by atoms with Crippen molar-refractivity contribution in [2.45, 2.75) is 19.3 Å². The number of aromatic nitrogens is 3. The van der Waals surface area contributed by atoms with Crippen LogP contribution in [0.25, 0.3) is 93.7 Å². The lowest BCUT2D eigenvalue weighted by Gasteiger charge is -2.34. The summed E-state index contributed by atoms with van der Waals surface area (Å²) in [6.07, 6.45) is 0. The van der Waals surface area contributed by atoms with E-state index in [1.807, 2.05) is 6.07 Å². The Kier molecular flexibility index (Phi) is 7.24. The average molecular weight is 756 g/mol. The van der Waals surface area contributed by atoms with Crippen molar-refractivity contribution in [3.63, 3.8) is 0 Å². The molecule has 0 saturated carbocycles. The molecule has 0 radical (unpaired) electrons. The number of ether oxygens (including phenoxy) is 1. The lowest BCUT2D eigenvalue weighted by atomic mass is 9.75. The topological polar surface area (TPSA) is 39.9 Å². The number of fused-ring (bicyclic) bond motifs is 10. The third-order valence-corrected chi connectivity index (χ3v) is 12.5. The predicted molar refractivity (Wildman–Crippen MR) is 244 cm³/mol. The van der Waals surface area contributed by atoms with Crippen LogP contribution in [0.15, 0.2) is 188 Å². The molecule has 0 aliphatic carbocycles. The third kappa shape index (κ3) is 5.03. The molecule has 11 aromatic rings. The molecule has 4 nitrogen and oxygen atoms in total. The molecule has 0 bridgehead atoms. The zero-order valence-corrected chi connectivity index (χ0v) is 32.6. The normalized spacial score (nSPS) is 13.2. The SMILES string of the molecule is CC1(C)c2ccccc2Oc2c1ccc1c2c2cc(-c3ccccc3)ccc2n1-c1ccc(-c2nc(-c3ccccc3)c3ccc4ccccc4c3n2)c2ccccc12. The average Bonchev–Trinajstić information content (AvgIpc) is 3.63. The van der Waals surface area contributed by atoms with E-state index in [4.69, 9.17) is 14.7 Å². The Balaban J connectivity index is 1.13. The van der Waals surface area contributed by atoms with Crippen molar-refractivity contribution in [3.05, 3.63) is 199 Å². The van der Waals surface area contributed by atoms with E-state index < -0.39 is 0 Å². The molecule has 0 atom stereocenters. The van der Waals surface area contributed by atoms with Gasteiger partial charge in [0.25, 0.3) is 0 Å². The summed E-state index contributed by atoms with van der Waals surface area (Å²) in [6.45, 7) is 4.61. The minimum absolute atomic E-state index is 0.248. The number of hydrogen-bond donors (Lipinski definition) is 0. The molecule has 12 rings (SSSR count). The molecule has 278 valence electrons. The molecule has 1 aliphatic heterocycles. The highest BCUT2D eigenvalue weighted by molar-refractivity contribution is 6.16. The van der Waals surface area contributed by atoms with Crippen molar-refractivity contribution in [1.29, 1.82) is 0 Å². The monoisotopic (exact) mass is 755 g/mol. The second-order valence-corrected chi connectivity index (χ2v) is 16.1. The van der Waals surface area contributed by atoms with Crippen molar-refractivity contribution in [3.8, 4) is 51.0 Å². The van der Waals surface area contributed by atoms with Gasteiger partial charge in [0, 0.05) is 49.2 Å². The largest absolute Gasteiger partial charge is 0.456 e. The Morgan fingerprint density at radius 2 is 1.17 bits per heavy atom. The van der Waals surface area contributed by atoms with Gasteiger partial charge in [-0.2, -0.15) is 0 Å². The quantitative estimate of drug-likeness (QED) is 0.168. The molecule has 0 spiro atoms. The van der Waals surface area contributed by atoms with Crippen LogP contribution in [0.5, 0.6) is 11.5 Å². The number of hydrogen-bond acceptors (Lipinski definition) is 3. The Morgan fingerprint density at radius 3 is 2.00 bits per heavy atom. The van der Waals surface area contributed by atoms with Gasteiger partial charge >= 0.3 is 0 Å². The summed E-state index contributed by atoms with van der Waals surface area (Å²) in [6, 6.07) is 67.0. The summed E-state index contributed by atoms with van der Waals surface area (Å²) in [7, 11) is 0. The first-order chi connectivity index (χ1) is 29.0. The van der Waals surface area contributed by atoms with Crippen LogP contribution in [0.4, 0.5) is 0 Å². The maximum absolute atomic E-state index is 6.98. The molecule has 1 aliphatic rings. The van der Waals surface area contributed by atoms with E-state index in [0.717, 1.165) is 88.3 Å². The molecule has 9 aromatic carbocycles. The van der Waals surface area contributed by atoms with Crippen LogP contribution >= 0.6 is 0 Å². The third-order valence-electron chi connectivity index (χ3n) is 12.5. The van der Waals surface area contributed by atoms with Crippen LogP contribution < -0.4 is 4.74 Å². The summed E-state index contributed by atoms with van der Waals surface area (Å²) in [5.74, 6) is 2.53. The van der Waals surface area contributed by atoms with Gasteiger partial charge in [0.2, 0.25) is 0 Å². The van der Waals surface area contributed by atoms with Gasteiger partial charge in [-0.1, -0.05) is 159 Å². The Labute approximate surface area is 341 Å². The summed E-state index contributed by atoms with van der Waals surface area (Å²) < 4.78 is 9.40. The highest BCUT2D eigenvalue weighted by Gasteiger charge is 2.36. The smallest absolute Gasteiger partial charge is 0.161 e. The molecular formula is C55H37N3O. The maximum Gasteiger partial charge on any atom is 0.161 e. The fourth-order valence-electron chi connectivity index (χ4n) is 9.55. The zero-order valence-electron chi connectivity index (χ0n) is 32.6. The Hall–Kier alpha value is -7.56.